The summed E-state index contributed by atoms with van der Waals surface area (Å²) in [4.78, 5) is 2.50. The summed E-state index contributed by atoms with van der Waals surface area (Å²) in [6.45, 7) is 5.83. The van der Waals surface area contributed by atoms with Crippen molar-refractivity contribution in [1.29, 1.82) is 0 Å². The summed E-state index contributed by atoms with van der Waals surface area (Å²) in [5, 5.41) is 0. The standard InChI is InChI=1S/C25H45N/c1-4-5-6-7-8-9-10-11-12-13-14-15-16-20-23-26(3)24(2)25-21-18-17-19-22-25/h17-19,21-22,24H,4-16,20,23H2,1-3H3. The second kappa shape index (κ2) is 16.4. The quantitative estimate of drug-likeness (QED) is 0.253. The monoisotopic (exact) mass is 359 g/mol. The molecule has 0 heterocycles. The molecule has 0 N–H and O–H groups in total. The number of benzene rings is 1. The van der Waals surface area contributed by atoms with Crippen LogP contribution in [0.25, 0.3) is 0 Å². The molecular formula is C25H45N. The normalized spacial score (nSPS) is 12.6. The fourth-order valence-corrected chi connectivity index (χ4v) is 3.74. The van der Waals surface area contributed by atoms with E-state index >= 15 is 0 Å². The van der Waals surface area contributed by atoms with E-state index in [9.17, 15) is 0 Å². The van der Waals surface area contributed by atoms with E-state index in [1.807, 2.05) is 0 Å². The first-order valence-electron chi connectivity index (χ1n) is 11.5. The third kappa shape index (κ3) is 11.7. The number of hydrogen-bond donors (Lipinski definition) is 0. The average Bonchev–Trinajstić information content (AvgIpc) is 2.68. The fourth-order valence-electron chi connectivity index (χ4n) is 3.74. The third-order valence-electron chi connectivity index (χ3n) is 5.81. The summed E-state index contributed by atoms with van der Waals surface area (Å²) in [7, 11) is 2.26. The zero-order chi connectivity index (χ0) is 18.9. The Bertz CT molecular complexity index is 400. The molecule has 1 aromatic carbocycles. The van der Waals surface area contributed by atoms with E-state index in [4.69, 9.17) is 0 Å². The molecule has 0 radical (unpaired) electrons. The van der Waals surface area contributed by atoms with Gasteiger partial charge in [-0.1, -0.05) is 121 Å². The van der Waals surface area contributed by atoms with Crippen molar-refractivity contribution < 1.29 is 0 Å². The summed E-state index contributed by atoms with van der Waals surface area (Å²) in [6, 6.07) is 11.4. The van der Waals surface area contributed by atoms with E-state index in [1.165, 1.54) is 102 Å². The zero-order valence-electron chi connectivity index (χ0n) is 18.0. The Morgan fingerprint density at radius 1 is 0.654 bits per heavy atom. The molecule has 0 aromatic heterocycles. The fraction of sp³-hybridized carbons (Fsp3) is 0.760. The zero-order valence-corrected chi connectivity index (χ0v) is 18.0. The summed E-state index contributed by atoms with van der Waals surface area (Å²) in [5.41, 5.74) is 1.43. The van der Waals surface area contributed by atoms with E-state index < -0.39 is 0 Å². The SMILES string of the molecule is CCCCCCCCCCCCCCCCN(C)C(C)c1ccccc1. The summed E-state index contributed by atoms with van der Waals surface area (Å²) < 4.78 is 0. The summed E-state index contributed by atoms with van der Waals surface area (Å²) in [6.07, 6.45) is 20.1. The molecule has 1 atom stereocenters. The Kier molecular flexibility index (Phi) is 14.6. The van der Waals surface area contributed by atoms with Gasteiger partial charge in [0.25, 0.3) is 0 Å². The summed E-state index contributed by atoms with van der Waals surface area (Å²) >= 11 is 0. The van der Waals surface area contributed by atoms with Gasteiger partial charge >= 0.3 is 0 Å². The number of hydrogen-bond acceptors (Lipinski definition) is 1. The minimum Gasteiger partial charge on any atom is -0.300 e. The van der Waals surface area contributed by atoms with E-state index in [0.29, 0.717) is 6.04 Å². The van der Waals surface area contributed by atoms with Gasteiger partial charge in [-0.2, -0.15) is 0 Å². The highest BCUT2D eigenvalue weighted by atomic mass is 15.1. The van der Waals surface area contributed by atoms with Crippen molar-refractivity contribution in [2.45, 2.75) is 110 Å². The van der Waals surface area contributed by atoms with Gasteiger partial charge in [0.1, 0.15) is 0 Å². The van der Waals surface area contributed by atoms with Gasteiger partial charge in [0.15, 0.2) is 0 Å². The molecule has 150 valence electrons. The Labute approximate surface area is 164 Å². The van der Waals surface area contributed by atoms with Gasteiger partial charge in [-0.15, -0.1) is 0 Å². The molecule has 0 saturated carbocycles. The van der Waals surface area contributed by atoms with Crippen molar-refractivity contribution in [3.05, 3.63) is 35.9 Å². The van der Waals surface area contributed by atoms with Crippen molar-refractivity contribution in [2.75, 3.05) is 13.6 Å². The maximum absolute atomic E-state index is 2.50. The van der Waals surface area contributed by atoms with Crippen LogP contribution in [0.4, 0.5) is 0 Å². The number of unbranched alkanes of at least 4 members (excludes halogenated alkanes) is 13. The first kappa shape index (κ1) is 23.2. The lowest BCUT2D eigenvalue weighted by molar-refractivity contribution is 0.255. The molecule has 0 bridgehead atoms. The van der Waals surface area contributed by atoms with Crippen LogP contribution in [0.15, 0.2) is 30.3 Å². The third-order valence-corrected chi connectivity index (χ3v) is 5.81. The van der Waals surface area contributed by atoms with Crippen LogP contribution in [0.5, 0.6) is 0 Å². The van der Waals surface area contributed by atoms with Crippen molar-refractivity contribution in [3.8, 4) is 0 Å². The van der Waals surface area contributed by atoms with Gasteiger partial charge in [0, 0.05) is 6.04 Å². The summed E-state index contributed by atoms with van der Waals surface area (Å²) in [5.74, 6) is 0. The number of nitrogens with zero attached hydrogens (tertiary/aromatic N) is 1. The minimum absolute atomic E-state index is 0.526. The van der Waals surface area contributed by atoms with Crippen LogP contribution in [0, 0.1) is 0 Å². The van der Waals surface area contributed by atoms with Crippen molar-refractivity contribution >= 4 is 0 Å². The van der Waals surface area contributed by atoms with Gasteiger partial charge in [-0.25, -0.2) is 0 Å². The van der Waals surface area contributed by atoms with Crippen molar-refractivity contribution in [1.82, 2.24) is 4.90 Å². The van der Waals surface area contributed by atoms with Gasteiger partial charge in [-0.05, 0) is 32.5 Å². The maximum Gasteiger partial charge on any atom is 0.0316 e. The lowest BCUT2D eigenvalue weighted by Crippen LogP contribution is -2.23. The molecule has 1 rings (SSSR count). The van der Waals surface area contributed by atoms with Crippen LogP contribution in [-0.4, -0.2) is 18.5 Å². The van der Waals surface area contributed by atoms with Gasteiger partial charge < -0.3 is 0 Å². The van der Waals surface area contributed by atoms with Crippen LogP contribution in [-0.2, 0) is 0 Å². The van der Waals surface area contributed by atoms with Gasteiger partial charge in [-0.3, -0.25) is 4.90 Å². The molecule has 0 aliphatic heterocycles. The van der Waals surface area contributed by atoms with Crippen LogP contribution < -0.4 is 0 Å². The molecule has 1 aromatic rings. The molecule has 0 spiro atoms. The van der Waals surface area contributed by atoms with Crippen LogP contribution in [0.3, 0.4) is 0 Å². The van der Waals surface area contributed by atoms with Crippen LogP contribution in [0.1, 0.15) is 115 Å². The highest BCUT2D eigenvalue weighted by molar-refractivity contribution is 5.18. The van der Waals surface area contributed by atoms with Gasteiger partial charge in [0.2, 0.25) is 0 Å². The predicted molar refractivity (Wildman–Crippen MR) is 118 cm³/mol. The molecule has 1 unspecified atom stereocenters. The molecular weight excluding hydrogens is 314 g/mol. The topological polar surface area (TPSA) is 3.24 Å². The average molecular weight is 360 g/mol. The maximum atomic E-state index is 2.50. The first-order valence-corrected chi connectivity index (χ1v) is 11.5. The molecule has 0 fully saturated rings. The first-order chi connectivity index (χ1) is 12.8. The van der Waals surface area contributed by atoms with Gasteiger partial charge in [0.05, 0.1) is 0 Å². The molecule has 0 aliphatic carbocycles. The van der Waals surface area contributed by atoms with Crippen molar-refractivity contribution in [3.63, 3.8) is 0 Å². The molecule has 0 aliphatic rings. The van der Waals surface area contributed by atoms with E-state index in [-0.39, 0.29) is 0 Å². The Hall–Kier alpha value is -0.820. The molecule has 1 nitrogen and oxygen atoms in total. The molecule has 0 amide bonds. The van der Waals surface area contributed by atoms with Crippen LogP contribution in [0.2, 0.25) is 0 Å². The smallest absolute Gasteiger partial charge is 0.0316 e. The largest absolute Gasteiger partial charge is 0.300 e. The molecule has 1 heteroatoms. The second-order valence-corrected chi connectivity index (χ2v) is 8.16. The lowest BCUT2D eigenvalue weighted by atomic mass is 10.0. The van der Waals surface area contributed by atoms with E-state index in [0.717, 1.165) is 0 Å². The predicted octanol–water partition coefficient (Wildman–Crippen LogP) is 8.16. The highest BCUT2D eigenvalue weighted by Crippen LogP contribution is 2.19. The Morgan fingerprint density at radius 3 is 1.54 bits per heavy atom. The number of rotatable bonds is 17. The highest BCUT2D eigenvalue weighted by Gasteiger charge is 2.10. The van der Waals surface area contributed by atoms with Crippen molar-refractivity contribution in [2.24, 2.45) is 0 Å². The van der Waals surface area contributed by atoms with Crippen LogP contribution >= 0.6 is 0 Å². The Morgan fingerprint density at radius 2 is 1.08 bits per heavy atom. The molecule has 26 heavy (non-hydrogen) atoms. The molecule has 0 saturated heterocycles. The van der Waals surface area contributed by atoms with E-state index in [1.54, 1.807) is 0 Å². The lowest BCUT2D eigenvalue weighted by Gasteiger charge is -2.25. The van der Waals surface area contributed by atoms with E-state index in [2.05, 4.69) is 56.1 Å². The Balaban J connectivity index is 1.86. The second-order valence-electron chi connectivity index (χ2n) is 8.16. The minimum atomic E-state index is 0.526.